The van der Waals surface area contributed by atoms with E-state index in [1.165, 1.54) is 30.8 Å². The number of aromatic nitrogens is 3. The van der Waals surface area contributed by atoms with Gasteiger partial charge in [-0.05, 0) is 48.0 Å². The van der Waals surface area contributed by atoms with Crippen LogP contribution >= 0.6 is 0 Å². The lowest BCUT2D eigenvalue weighted by molar-refractivity contribution is -0.121. The number of hydrogen-bond acceptors (Lipinski definition) is 10. The van der Waals surface area contributed by atoms with Gasteiger partial charge in [-0.15, -0.1) is 0 Å². The topological polar surface area (TPSA) is 132 Å². The van der Waals surface area contributed by atoms with Gasteiger partial charge in [0.05, 0.1) is 29.7 Å². The first-order valence-electron chi connectivity index (χ1n) is 12.4. The molecule has 40 heavy (non-hydrogen) atoms. The van der Waals surface area contributed by atoms with Crippen molar-refractivity contribution < 1.29 is 27.1 Å². The van der Waals surface area contributed by atoms with Gasteiger partial charge < -0.3 is 20.1 Å². The van der Waals surface area contributed by atoms with Crippen molar-refractivity contribution in [3.63, 3.8) is 0 Å². The maximum Gasteiger partial charge on any atom is 0.205 e. The molecule has 1 unspecified atom stereocenters. The van der Waals surface area contributed by atoms with E-state index in [2.05, 4.69) is 25.6 Å². The number of pyridine rings is 1. The van der Waals surface area contributed by atoms with Gasteiger partial charge in [0.1, 0.15) is 45.9 Å². The van der Waals surface area contributed by atoms with Crippen molar-refractivity contribution in [1.82, 2.24) is 20.3 Å². The van der Waals surface area contributed by atoms with Crippen molar-refractivity contribution in [3.05, 3.63) is 96.0 Å². The van der Waals surface area contributed by atoms with Gasteiger partial charge in [-0.25, -0.2) is 22.8 Å². The number of ether oxygens (including phenoxy) is 2. The van der Waals surface area contributed by atoms with E-state index in [0.717, 1.165) is 11.3 Å². The van der Waals surface area contributed by atoms with Crippen LogP contribution in [0.2, 0.25) is 0 Å². The van der Waals surface area contributed by atoms with E-state index in [1.54, 1.807) is 36.5 Å². The second kappa shape index (κ2) is 11.8. The molecule has 12 heteroatoms. The second-order valence-electron chi connectivity index (χ2n) is 9.23. The van der Waals surface area contributed by atoms with E-state index in [-0.39, 0.29) is 37.0 Å². The number of ketones is 1. The van der Waals surface area contributed by atoms with E-state index in [9.17, 15) is 17.6 Å². The molecular weight excluding hydrogens is 537 g/mol. The molecule has 2 N–H and O–H groups in total. The first kappa shape index (κ1) is 27.2. The molecule has 3 heterocycles. The molecule has 0 radical (unpaired) electrons. The second-order valence-corrected chi connectivity index (χ2v) is 11.5. The molecule has 0 saturated carbocycles. The summed E-state index contributed by atoms with van der Waals surface area (Å²) in [4.78, 5) is 25.7. The first-order chi connectivity index (χ1) is 19.2. The van der Waals surface area contributed by atoms with Crippen LogP contribution in [0.4, 0.5) is 15.9 Å². The molecule has 1 atom stereocenters. The van der Waals surface area contributed by atoms with Crippen LogP contribution in [0, 0.1) is 5.82 Å². The Balaban J connectivity index is 1.25. The number of rotatable bonds is 11. The molecule has 1 aliphatic heterocycles. The molecular formula is C28H26FN5O5S. The molecule has 0 fully saturated rings. The van der Waals surface area contributed by atoms with Crippen LogP contribution in [0.5, 0.6) is 5.75 Å². The van der Waals surface area contributed by atoms with Crippen LogP contribution in [0.25, 0.3) is 10.9 Å². The standard InChI is InChI=1S/C28H26FN5O5S/c1-40(36,37)10-9-30-14-22-12-26(35)27(39-22)24-13-23-25(15-31-24)32-17-33-28(23)34-20-5-7-21(8-6-20)38-16-18-3-2-4-19(29)11-18/h2-8,11-13,15,17,27,30H,9-10,14,16H2,1H3,(H,32,33,34). The van der Waals surface area contributed by atoms with Gasteiger partial charge in [0.15, 0.2) is 0 Å². The number of sulfone groups is 1. The fourth-order valence-electron chi connectivity index (χ4n) is 4.03. The molecule has 0 amide bonds. The minimum absolute atomic E-state index is 0.00960. The summed E-state index contributed by atoms with van der Waals surface area (Å²) in [6.07, 6.45) is 4.61. The summed E-state index contributed by atoms with van der Waals surface area (Å²) in [7, 11) is -3.08. The number of anilines is 2. The average molecular weight is 564 g/mol. The van der Waals surface area contributed by atoms with Crippen LogP contribution in [0.1, 0.15) is 17.4 Å². The van der Waals surface area contributed by atoms with E-state index in [4.69, 9.17) is 9.47 Å². The van der Waals surface area contributed by atoms with Crippen LogP contribution in [-0.2, 0) is 26.0 Å². The molecule has 5 rings (SSSR count). The summed E-state index contributed by atoms with van der Waals surface area (Å²) in [6, 6.07) is 15.2. The van der Waals surface area contributed by atoms with Gasteiger partial charge in [-0.1, -0.05) is 12.1 Å². The lowest BCUT2D eigenvalue weighted by atomic mass is 10.1. The van der Waals surface area contributed by atoms with Crippen molar-refractivity contribution in [2.24, 2.45) is 0 Å². The quantitative estimate of drug-likeness (QED) is 0.261. The van der Waals surface area contributed by atoms with Crippen molar-refractivity contribution in [2.75, 3.05) is 30.4 Å². The maximum absolute atomic E-state index is 13.4. The minimum Gasteiger partial charge on any atom is -0.489 e. The Labute approximate surface area is 230 Å². The van der Waals surface area contributed by atoms with Crippen LogP contribution < -0.4 is 15.4 Å². The maximum atomic E-state index is 13.4. The molecule has 0 spiro atoms. The Bertz CT molecular complexity index is 1680. The number of fused-ring (bicyclic) bond motifs is 1. The van der Waals surface area contributed by atoms with Gasteiger partial charge >= 0.3 is 0 Å². The average Bonchev–Trinajstić information content (AvgIpc) is 3.30. The van der Waals surface area contributed by atoms with Gasteiger partial charge in [-0.3, -0.25) is 9.78 Å². The van der Waals surface area contributed by atoms with Crippen LogP contribution in [0.15, 0.2) is 79.0 Å². The molecule has 1 aliphatic rings. The third kappa shape index (κ3) is 6.96. The van der Waals surface area contributed by atoms with E-state index in [0.29, 0.717) is 33.9 Å². The minimum atomic E-state index is -3.08. The monoisotopic (exact) mass is 563 g/mol. The van der Waals surface area contributed by atoms with Crippen molar-refractivity contribution in [2.45, 2.75) is 12.7 Å². The van der Waals surface area contributed by atoms with Crippen molar-refractivity contribution >= 4 is 38.0 Å². The van der Waals surface area contributed by atoms with Gasteiger partial charge in [0.2, 0.25) is 11.9 Å². The van der Waals surface area contributed by atoms with Gasteiger partial charge in [0, 0.05) is 30.0 Å². The molecule has 2 aromatic heterocycles. The number of hydrogen-bond donors (Lipinski definition) is 2. The Kier molecular flexibility index (Phi) is 7.99. The molecule has 0 saturated heterocycles. The number of nitrogens with zero attached hydrogens (tertiary/aromatic N) is 3. The van der Waals surface area contributed by atoms with Gasteiger partial charge in [0.25, 0.3) is 0 Å². The smallest absolute Gasteiger partial charge is 0.205 e. The number of carbonyl (C=O) groups is 1. The summed E-state index contributed by atoms with van der Waals surface area (Å²) in [5, 5.41) is 6.87. The van der Waals surface area contributed by atoms with E-state index in [1.807, 2.05) is 12.1 Å². The Morgan fingerprint density at radius 3 is 2.67 bits per heavy atom. The summed E-state index contributed by atoms with van der Waals surface area (Å²) in [5.74, 6) is 0.975. The molecule has 10 nitrogen and oxygen atoms in total. The van der Waals surface area contributed by atoms with E-state index < -0.39 is 15.9 Å². The third-order valence-corrected chi connectivity index (χ3v) is 6.95. The summed E-state index contributed by atoms with van der Waals surface area (Å²) in [5.41, 5.74) is 2.46. The van der Waals surface area contributed by atoms with E-state index >= 15 is 0 Å². The molecule has 206 valence electrons. The molecule has 2 aromatic carbocycles. The van der Waals surface area contributed by atoms with Crippen LogP contribution in [0.3, 0.4) is 0 Å². The number of nitrogens with one attached hydrogen (secondary N) is 2. The van der Waals surface area contributed by atoms with Crippen molar-refractivity contribution in [3.8, 4) is 5.75 Å². The Morgan fingerprint density at radius 1 is 1.07 bits per heavy atom. The molecule has 0 aliphatic carbocycles. The highest BCUT2D eigenvalue weighted by Crippen LogP contribution is 2.31. The Hall–Kier alpha value is -4.42. The zero-order valence-electron chi connectivity index (χ0n) is 21.5. The summed E-state index contributed by atoms with van der Waals surface area (Å²) >= 11 is 0. The fourth-order valence-corrected chi connectivity index (χ4v) is 4.54. The van der Waals surface area contributed by atoms with Crippen LogP contribution in [-0.4, -0.2) is 54.3 Å². The predicted molar refractivity (Wildman–Crippen MR) is 147 cm³/mol. The highest BCUT2D eigenvalue weighted by Gasteiger charge is 2.30. The van der Waals surface area contributed by atoms with Crippen molar-refractivity contribution in [1.29, 1.82) is 0 Å². The first-order valence-corrected chi connectivity index (χ1v) is 14.4. The fraction of sp³-hybridized carbons (Fsp3) is 0.214. The largest absolute Gasteiger partial charge is 0.489 e. The predicted octanol–water partition coefficient (Wildman–Crippen LogP) is 3.65. The lowest BCUT2D eigenvalue weighted by Crippen LogP contribution is -2.24. The zero-order valence-corrected chi connectivity index (χ0v) is 22.3. The highest BCUT2D eigenvalue weighted by atomic mass is 32.2. The zero-order chi connectivity index (χ0) is 28.1. The SMILES string of the molecule is CS(=O)(=O)CCNCC1=CC(=O)C(c2cc3c(Nc4ccc(OCc5cccc(F)c5)cc4)ncnc3cn2)O1. The number of halogens is 1. The third-order valence-electron chi connectivity index (χ3n) is 6.00. The lowest BCUT2D eigenvalue weighted by Gasteiger charge is -2.14. The number of benzene rings is 2. The summed E-state index contributed by atoms with van der Waals surface area (Å²) < 4.78 is 47.5. The summed E-state index contributed by atoms with van der Waals surface area (Å²) in [6.45, 7) is 0.717. The number of carbonyl (C=O) groups excluding carboxylic acids is 1. The highest BCUT2D eigenvalue weighted by molar-refractivity contribution is 7.90. The molecule has 4 aromatic rings. The Morgan fingerprint density at radius 2 is 1.90 bits per heavy atom. The van der Waals surface area contributed by atoms with Gasteiger partial charge in [-0.2, -0.15) is 0 Å². The normalized spacial score (nSPS) is 15.1. The molecule has 0 bridgehead atoms.